The third-order valence-electron chi connectivity index (χ3n) is 2.79. The van der Waals surface area contributed by atoms with Gasteiger partial charge in [0.15, 0.2) is 6.29 Å². The topological polar surface area (TPSA) is 27.7 Å². The predicted molar refractivity (Wildman–Crippen MR) is 65.7 cm³/mol. The average molecular weight is 236 g/mol. The van der Waals surface area contributed by atoms with Crippen LogP contribution in [0.15, 0.2) is 30.3 Å². The summed E-state index contributed by atoms with van der Waals surface area (Å²) in [6.45, 7) is 4.18. The van der Waals surface area contributed by atoms with Crippen LogP contribution in [0.4, 0.5) is 0 Å². The lowest BCUT2D eigenvalue weighted by Crippen LogP contribution is -2.33. The zero-order chi connectivity index (χ0) is 11.9. The van der Waals surface area contributed by atoms with Crippen molar-refractivity contribution >= 4 is 0 Å². The standard InChI is InChI=1S/C14H20O3/c1-2-3-9-15-13-10-16-14(17-11-13)12-7-5-4-6-8-12/h4-8,13-14H,2-3,9-11H2,1H3. The highest BCUT2D eigenvalue weighted by Crippen LogP contribution is 2.23. The molecule has 0 bridgehead atoms. The first-order valence-corrected chi connectivity index (χ1v) is 6.30. The van der Waals surface area contributed by atoms with E-state index in [0.717, 1.165) is 25.0 Å². The highest BCUT2D eigenvalue weighted by molar-refractivity contribution is 5.16. The van der Waals surface area contributed by atoms with E-state index >= 15 is 0 Å². The fourth-order valence-electron chi connectivity index (χ4n) is 1.78. The number of ether oxygens (including phenoxy) is 3. The van der Waals surface area contributed by atoms with Gasteiger partial charge in [-0.1, -0.05) is 43.7 Å². The largest absolute Gasteiger partial charge is 0.373 e. The van der Waals surface area contributed by atoms with Crippen molar-refractivity contribution in [2.75, 3.05) is 19.8 Å². The molecular formula is C14H20O3. The zero-order valence-corrected chi connectivity index (χ0v) is 10.3. The van der Waals surface area contributed by atoms with Crippen molar-refractivity contribution in [2.45, 2.75) is 32.2 Å². The van der Waals surface area contributed by atoms with E-state index in [0.29, 0.717) is 13.2 Å². The maximum atomic E-state index is 5.66. The summed E-state index contributed by atoms with van der Waals surface area (Å²) < 4.78 is 17.0. The Balaban J connectivity index is 1.74. The number of hydrogen-bond donors (Lipinski definition) is 0. The summed E-state index contributed by atoms with van der Waals surface area (Å²) in [7, 11) is 0. The van der Waals surface area contributed by atoms with E-state index in [-0.39, 0.29) is 12.4 Å². The first-order chi connectivity index (χ1) is 8.40. The molecule has 1 aromatic carbocycles. The summed E-state index contributed by atoms with van der Waals surface area (Å²) in [5.41, 5.74) is 1.07. The van der Waals surface area contributed by atoms with Gasteiger partial charge in [-0.3, -0.25) is 0 Å². The van der Waals surface area contributed by atoms with Crippen LogP contribution in [0.2, 0.25) is 0 Å². The van der Waals surface area contributed by atoms with E-state index in [1.807, 2.05) is 30.3 Å². The minimum Gasteiger partial charge on any atom is -0.373 e. The van der Waals surface area contributed by atoms with E-state index in [1.54, 1.807) is 0 Å². The van der Waals surface area contributed by atoms with Crippen molar-refractivity contribution in [1.29, 1.82) is 0 Å². The Morgan fingerprint density at radius 2 is 1.88 bits per heavy atom. The van der Waals surface area contributed by atoms with Crippen molar-refractivity contribution in [3.63, 3.8) is 0 Å². The lowest BCUT2D eigenvalue weighted by Gasteiger charge is -2.29. The molecule has 0 amide bonds. The molecule has 1 aliphatic rings. The molecule has 0 spiro atoms. The zero-order valence-electron chi connectivity index (χ0n) is 10.3. The van der Waals surface area contributed by atoms with Gasteiger partial charge < -0.3 is 14.2 Å². The summed E-state index contributed by atoms with van der Waals surface area (Å²) >= 11 is 0. The molecule has 1 saturated heterocycles. The van der Waals surface area contributed by atoms with Crippen molar-refractivity contribution < 1.29 is 14.2 Å². The van der Waals surface area contributed by atoms with Crippen LogP contribution in [0.5, 0.6) is 0 Å². The summed E-state index contributed by atoms with van der Waals surface area (Å²) in [5.74, 6) is 0. The van der Waals surface area contributed by atoms with Crippen LogP contribution >= 0.6 is 0 Å². The Morgan fingerprint density at radius 3 is 2.53 bits per heavy atom. The Kier molecular flexibility index (Phi) is 4.98. The molecule has 0 N–H and O–H groups in total. The van der Waals surface area contributed by atoms with Crippen molar-refractivity contribution in [3.8, 4) is 0 Å². The van der Waals surface area contributed by atoms with Gasteiger partial charge >= 0.3 is 0 Å². The van der Waals surface area contributed by atoms with Crippen LogP contribution in [0, 0.1) is 0 Å². The highest BCUT2D eigenvalue weighted by atomic mass is 16.7. The fraction of sp³-hybridized carbons (Fsp3) is 0.571. The van der Waals surface area contributed by atoms with Crippen LogP contribution < -0.4 is 0 Å². The lowest BCUT2D eigenvalue weighted by atomic mass is 10.2. The molecule has 1 fully saturated rings. The van der Waals surface area contributed by atoms with Gasteiger partial charge in [0.05, 0.1) is 13.2 Å². The van der Waals surface area contributed by atoms with Crippen molar-refractivity contribution in [1.82, 2.24) is 0 Å². The second-order valence-corrected chi connectivity index (χ2v) is 4.26. The normalized spacial score (nSPS) is 24.8. The molecule has 0 saturated carbocycles. The molecule has 0 aromatic heterocycles. The van der Waals surface area contributed by atoms with Gasteiger partial charge in [-0.25, -0.2) is 0 Å². The highest BCUT2D eigenvalue weighted by Gasteiger charge is 2.23. The third kappa shape index (κ3) is 3.80. The molecule has 1 heterocycles. The van der Waals surface area contributed by atoms with Crippen molar-refractivity contribution in [2.24, 2.45) is 0 Å². The SMILES string of the molecule is CCCCOC1COC(c2ccccc2)OC1. The molecule has 1 aliphatic heterocycles. The Bertz CT molecular complexity index is 305. The van der Waals surface area contributed by atoms with E-state index in [4.69, 9.17) is 14.2 Å². The van der Waals surface area contributed by atoms with E-state index in [2.05, 4.69) is 6.92 Å². The molecule has 1 aromatic rings. The first-order valence-electron chi connectivity index (χ1n) is 6.30. The summed E-state index contributed by atoms with van der Waals surface area (Å²) in [6.07, 6.45) is 2.10. The Morgan fingerprint density at radius 1 is 1.18 bits per heavy atom. The number of unbranched alkanes of at least 4 members (excludes halogenated alkanes) is 1. The lowest BCUT2D eigenvalue weighted by molar-refractivity contribution is -0.230. The second-order valence-electron chi connectivity index (χ2n) is 4.26. The monoisotopic (exact) mass is 236 g/mol. The molecule has 0 unspecified atom stereocenters. The summed E-state index contributed by atoms with van der Waals surface area (Å²) in [6, 6.07) is 10.0. The molecule has 0 radical (unpaired) electrons. The minimum atomic E-state index is -0.234. The quantitative estimate of drug-likeness (QED) is 0.736. The fourth-order valence-corrected chi connectivity index (χ4v) is 1.78. The summed E-state index contributed by atoms with van der Waals surface area (Å²) in [4.78, 5) is 0. The molecule has 94 valence electrons. The molecule has 3 heteroatoms. The number of rotatable bonds is 5. The number of hydrogen-bond acceptors (Lipinski definition) is 3. The van der Waals surface area contributed by atoms with E-state index < -0.39 is 0 Å². The van der Waals surface area contributed by atoms with Gasteiger partial charge in [0.25, 0.3) is 0 Å². The van der Waals surface area contributed by atoms with Gasteiger partial charge in [-0.2, -0.15) is 0 Å². The Labute approximate surface area is 103 Å². The second kappa shape index (κ2) is 6.74. The van der Waals surface area contributed by atoms with Crippen LogP contribution in [0.1, 0.15) is 31.6 Å². The van der Waals surface area contributed by atoms with Gasteiger partial charge in [0, 0.05) is 12.2 Å². The van der Waals surface area contributed by atoms with Crippen LogP contribution in [0.25, 0.3) is 0 Å². The molecular weight excluding hydrogens is 216 g/mol. The predicted octanol–water partition coefficient (Wildman–Crippen LogP) is 2.92. The van der Waals surface area contributed by atoms with Crippen molar-refractivity contribution in [3.05, 3.63) is 35.9 Å². The average Bonchev–Trinajstić information content (AvgIpc) is 2.41. The van der Waals surface area contributed by atoms with E-state index in [1.165, 1.54) is 0 Å². The van der Waals surface area contributed by atoms with Gasteiger partial charge in [-0.15, -0.1) is 0 Å². The maximum absolute atomic E-state index is 5.66. The van der Waals surface area contributed by atoms with Crippen LogP contribution in [0.3, 0.4) is 0 Å². The maximum Gasteiger partial charge on any atom is 0.184 e. The summed E-state index contributed by atoms with van der Waals surface area (Å²) in [5, 5.41) is 0. The Hall–Kier alpha value is -0.900. The first kappa shape index (κ1) is 12.6. The van der Waals surface area contributed by atoms with Gasteiger partial charge in [-0.05, 0) is 6.42 Å². The van der Waals surface area contributed by atoms with E-state index in [9.17, 15) is 0 Å². The minimum absolute atomic E-state index is 0.0847. The van der Waals surface area contributed by atoms with Gasteiger partial charge in [0.2, 0.25) is 0 Å². The molecule has 2 rings (SSSR count). The molecule has 3 nitrogen and oxygen atoms in total. The van der Waals surface area contributed by atoms with Crippen LogP contribution in [-0.4, -0.2) is 25.9 Å². The van der Waals surface area contributed by atoms with Crippen LogP contribution in [-0.2, 0) is 14.2 Å². The van der Waals surface area contributed by atoms with Gasteiger partial charge in [0.1, 0.15) is 6.10 Å². The molecule has 0 atom stereocenters. The smallest absolute Gasteiger partial charge is 0.184 e. The third-order valence-corrected chi connectivity index (χ3v) is 2.79. The number of benzene rings is 1. The molecule has 0 aliphatic carbocycles. The molecule has 17 heavy (non-hydrogen) atoms.